The van der Waals surface area contributed by atoms with Crippen LogP contribution in [0.15, 0.2) is 30.3 Å². The van der Waals surface area contributed by atoms with Gasteiger partial charge in [-0.2, -0.15) is 0 Å². The van der Waals surface area contributed by atoms with Crippen LogP contribution in [-0.2, 0) is 16.0 Å². The molecule has 1 atom stereocenters. The van der Waals surface area contributed by atoms with E-state index < -0.39 is 0 Å². The highest BCUT2D eigenvalue weighted by Gasteiger charge is 2.41. The Kier molecular flexibility index (Phi) is 6.49. The topological polar surface area (TPSA) is 32.8 Å². The Morgan fingerprint density at radius 3 is 2.76 bits per heavy atom. The molecule has 25 heavy (non-hydrogen) atoms. The van der Waals surface area contributed by atoms with Gasteiger partial charge in [0.05, 0.1) is 6.61 Å². The predicted molar refractivity (Wildman–Crippen MR) is 101 cm³/mol. The van der Waals surface area contributed by atoms with Crippen LogP contribution >= 0.6 is 0 Å². The van der Waals surface area contributed by atoms with Crippen LogP contribution in [0.2, 0.25) is 0 Å². The second kappa shape index (κ2) is 8.81. The Balaban J connectivity index is 1.56. The standard InChI is InChI=1S/C21H32N2O2/c1-2-25-16-15-22-13-6-11-21(17-22)12-9-20(24)23(18-21)14-10-19-7-4-3-5-8-19/h3-5,7-8H,2,6,9-18H2,1H3/t21-/m1/s1. The van der Waals surface area contributed by atoms with Gasteiger partial charge in [-0.3, -0.25) is 4.79 Å². The van der Waals surface area contributed by atoms with Crippen LogP contribution < -0.4 is 0 Å². The molecule has 2 saturated heterocycles. The molecular weight excluding hydrogens is 312 g/mol. The first-order valence-electron chi connectivity index (χ1n) is 9.83. The zero-order valence-electron chi connectivity index (χ0n) is 15.6. The average molecular weight is 344 g/mol. The number of hydrogen-bond donors (Lipinski definition) is 0. The Morgan fingerprint density at radius 1 is 1.12 bits per heavy atom. The lowest BCUT2D eigenvalue weighted by Crippen LogP contribution is -2.54. The van der Waals surface area contributed by atoms with E-state index in [2.05, 4.69) is 41.0 Å². The number of carbonyl (C=O) groups excluding carboxylic acids is 1. The van der Waals surface area contributed by atoms with Gasteiger partial charge in [-0.25, -0.2) is 0 Å². The number of rotatable bonds is 7. The van der Waals surface area contributed by atoms with Gasteiger partial charge >= 0.3 is 0 Å². The van der Waals surface area contributed by atoms with Gasteiger partial charge in [0.2, 0.25) is 5.91 Å². The van der Waals surface area contributed by atoms with E-state index >= 15 is 0 Å². The summed E-state index contributed by atoms with van der Waals surface area (Å²) in [6, 6.07) is 10.5. The molecule has 138 valence electrons. The molecule has 1 amide bonds. The minimum atomic E-state index is 0.301. The normalized spacial score (nSPS) is 24.8. The van der Waals surface area contributed by atoms with E-state index in [1.165, 1.54) is 24.9 Å². The van der Waals surface area contributed by atoms with E-state index in [1.807, 2.05) is 6.07 Å². The van der Waals surface area contributed by atoms with Crippen molar-refractivity contribution >= 4 is 5.91 Å². The smallest absolute Gasteiger partial charge is 0.222 e. The van der Waals surface area contributed by atoms with Crippen molar-refractivity contribution in [2.45, 2.75) is 39.0 Å². The fourth-order valence-electron chi connectivity index (χ4n) is 4.39. The maximum atomic E-state index is 12.4. The second-order valence-electron chi connectivity index (χ2n) is 7.63. The van der Waals surface area contributed by atoms with Gasteiger partial charge in [-0.1, -0.05) is 30.3 Å². The summed E-state index contributed by atoms with van der Waals surface area (Å²) < 4.78 is 5.53. The Bertz CT molecular complexity index is 548. The van der Waals surface area contributed by atoms with Crippen LogP contribution in [0.5, 0.6) is 0 Å². The van der Waals surface area contributed by atoms with Crippen molar-refractivity contribution in [2.24, 2.45) is 5.41 Å². The van der Waals surface area contributed by atoms with Gasteiger partial charge in [-0.05, 0) is 44.7 Å². The molecule has 0 aliphatic carbocycles. The summed E-state index contributed by atoms with van der Waals surface area (Å²) in [4.78, 5) is 17.1. The van der Waals surface area contributed by atoms with E-state index in [4.69, 9.17) is 4.74 Å². The monoisotopic (exact) mass is 344 g/mol. The van der Waals surface area contributed by atoms with E-state index in [1.54, 1.807) is 0 Å². The first-order valence-corrected chi connectivity index (χ1v) is 9.83. The number of amides is 1. The van der Waals surface area contributed by atoms with E-state index in [0.29, 0.717) is 17.7 Å². The summed E-state index contributed by atoms with van der Waals surface area (Å²) in [5.74, 6) is 0.341. The molecule has 2 aliphatic heterocycles. The molecule has 2 aliphatic rings. The molecule has 0 N–H and O–H groups in total. The summed E-state index contributed by atoms with van der Waals surface area (Å²) in [7, 11) is 0. The van der Waals surface area contributed by atoms with Crippen LogP contribution in [0.3, 0.4) is 0 Å². The highest BCUT2D eigenvalue weighted by Crippen LogP contribution is 2.38. The minimum Gasteiger partial charge on any atom is -0.380 e. The molecule has 2 heterocycles. The first-order chi connectivity index (χ1) is 12.2. The molecule has 2 fully saturated rings. The minimum absolute atomic E-state index is 0.301. The van der Waals surface area contributed by atoms with E-state index in [9.17, 15) is 4.79 Å². The fraction of sp³-hybridized carbons (Fsp3) is 0.667. The summed E-state index contributed by atoms with van der Waals surface area (Å²) in [6.07, 6.45) is 5.23. The van der Waals surface area contributed by atoms with Crippen molar-refractivity contribution in [1.82, 2.24) is 9.80 Å². The number of likely N-dealkylation sites (tertiary alicyclic amines) is 2. The third-order valence-electron chi connectivity index (χ3n) is 5.76. The molecule has 0 saturated carbocycles. The largest absolute Gasteiger partial charge is 0.380 e. The Labute approximate surface area is 152 Å². The van der Waals surface area contributed by atoms with Crippen molar-refractivity contribution < 1.29 is 9.53 Å². The van der Waals surface area contributed by atoms with Crippen molar-refractivity contribution in [2.75, 3.05) is 45.9 Å². The van der Waals surface area contributed by atoms with E-state index in [0.717, 1.165) is 52.2 Å². The van der Waals surface area contributed by atoms with Crippen molar-refractivity contribution in [3.63, 3.8) is 0 Å². The lowest BCUT2D eigenvalue weighted by atomic mass is 9.73. The predicted octanol–water partition coefficient (Wildman–Crippen LogP) is 2.97. The first kappa shape index (κ1) is 18.4. The number of nitrogens with zero attached hydrogens (tertiary/aromatic N) is 2. The number of ether oxygens (including phenoxy) is 1. The van der Waals surface area contributed by atoms with Crippen LogP contribution in [0.4, 0.5) is 0 Å². The van der Waals surface area contributed by atoms with Gasteiger partial charge in [-0.15, -0.1) is 0 Å². The van der Waals surface area contributed by atoms with E-state index in [-0.39, 0.29) is 0 Å². The number of carbonyl (C=O) groups is 1. The highest BCUT2D eigenvalue weighted by atomic mass is 16.5. The molecule has 1 aromatic carbocycles. The van der Waals surface area contributed by atoms with Gasteiger partial charge in [0.25, 0.3) is 0 Å². The Hall–Kier alpha value is -1.39. The number of hydrogen-bond acceptors (Lipinski definition) is 3. The molecule has 1 aromatic rings. The maximum absolute atomic E-state index is 12.4. The third kappa shape index (κ3) is 5.05. The summed E-state index contributed by atoms with van der Waals surface area (Å²) in [6.45, 7) is 8.77. The molecule has 3 rings (SSSR count). The zero-order valence-corrected chi connectivity index (χ0v) is 15.6. The van der Waals surface area contributed by atoms with Gasteiger partial charge in [0.1, 0.15) is 0 Å². The summed E-state index contributed by atoms with van der Waals surface area (Å²) in [5.41, 5.74) is 1.62. The second-order valence-corrected chi connectivity index (χ2v) is 7.63. The van der Waals surface area contributed by atoms with Crippen molar-refractivity contribution in [3.8, 4) is 0 Å². The van der Waals surface area contributed by atoms with Crippen LogP contribution in [0.25, 0.3) is 0 Å². The molecule has 4 nitrogen and oxygen atoms in total. The lowest BCUT2D eigenvalue weighted by molar-refractivity contribution is -0.139. The lowest BCUT2D eigenvalue weighted by Gasteiger charge is -2.48. The molecule has 4 heteroatoms. The highest BCUT2D eigenvalue weighted by molar-refractivity contribution is 5.77. The summed E-state index contributed by atoms with van der Waals surface area (Å²) >= 11 is 0. The fourth-order valence-corrected chi connectivity index (χ4v) is 4.39. The quantitative estimate of drug-likeness (QED) is 0.713. The van der Waals surface area contributed by atoms with Crippen molar-refractivity contribution in [3.05, 3.63) is 35.9 Å². The van der Waals surface area contributed by atoms with Crippen LogP contribution in [-0.4, -0.2) is 61.6 Å². The Morgan fingerprint density at radius 2 is 1.96 bits per heavy atom. The third-order valence-corrected chi connectivity index (χ3v) is 5.76. The molecule has 0 bridgehead atoms. The summed E-state index contributed by atoms with van der Waals surface area (Å²) in [5, 5.41) is 0. The van der Waals surface area contributed by atoms with Crippen molar-refractivity contribution in [1.29, 1.82) is 0 Å². The average Bonchev–Trinajstić information content (AvgIpc) is 2.64. The molecule has 0 unspecified atom stereocenters. The van der Waals surface area contributed by atoms with Gasteiger partial charge in [0.15, 0.2) is 0 Å². The van der Waals surface area contributed by atoms with Gasteiger partial charge < -0.3 is 14.5 Å². The zero-order chi connectivity index (χ0) is 17.5. The maximum Gasteiger partial charge on any atom is 0.222 e. The number of piperidine rings is 2. The van der Waals surface area contributed by atoms with Crippen LogP contribution in [0.1, 0.15) is 38.2 Å². The van der Waals surface area contributed by atoms with Gasteiger partial charge in [0, 0.05) is 44.6 Å². The molecular formula is C21H32N2O2. The molecule has 0 aromatic heterocycles. The molecule has 0 radical (unpaired) electrons. The SMILES string of the molecule is CCOCCN1CCC[C@@]2(CCC(=O)N(CCc3ccccc3)C2)C1. The number of benzene rings is 1. The van der Waals surface area contributed by atoms with Crippen LogP contribution in [0, 0.1) is 5.41 Å². The molecule has 1 spiro atoms.